The summed E-state index contributed by atoms with van der Waals surface area (Å²) in [6, 6.07) is 26.7. The normalized spacial score (nSPS) is 11.4. The quantitative estimate of drug-likeness (QED) is 0.361. The molecule has 0 N–H and O–H groups in total. The molecule has 32 heavy (non-hydrogen) atoms. The Hall–Kier alpha value is -3.96. The molecule has 5 nitrogen and oxygen atoms in total. The average molecular weight is 439 g/mol. The summed E-state index contributed by atoms with van der Waals surface area (Å²) in [5.41, 5.74) is 3.04. The molecular weight excluding hydrogens is 420 g/mol. The van der Waals surface area contributed by atoms with Gasteiger partial charge in [0.25, 0.3) is 5.56 Å². The van der Waals surface area contributed by atoms with Crippen LogP contribution in [-0.4, -0.2) is 19.3 Å². The largest absolute Gasteiger partial charge is 0.268 e. The minimum Gasteiger partial charge on any atom is -0.268 e. The fourth-order valence-electron chi connectivity index (χ4n) is 3.65. The molecule has 5 aromatic rings. The first-order valence-electron chi connectivity index (χ1n) is 10.2. The highest BCUT2D eigenvalue weighted by atomic mass is 35.5. The number of para-hydroxylation sites is 1. The third kappa shape index (κ3) is 3.74. The Labute approximate surface area is 189 Å². The maximum atomic E-state index is 13.7. The van der Waals surface area contributed by atoms with Crippen LogP contribution in [0.2, 0.25) is 5.02 Å². The van der Waals surface area contributed by atoms with E-state index in [0.29, 0.717) is 27.6 Å². The monoisotopic (exact) mass is 438 g/mol. The lowest BCUT2D eigenvalue weighted by atomic mass is 10.2. The van der Waals surface area contributed by atoms with Gasteiger partial charge in [-0.1, -0.05) is 66.2 Å². The number of rotatable bonds is 4. The molecule has 0 aliphatic carbocycles. The molecule has 0 bridgehead atoms. The van der Waals surface area contributed by atoms with E-state index in [0.717, 1.165) is 16.9 Å². The van der Waals surface area contributed by atoms with Crippen LogP contribution < -0.4 is 5.56 Å². The van der Waals surface area contributed by atoms with Gasteiger partial charge in [0.2, 0.25) is 0 Å². The van der Waals surface area contributed by atoms with E-state index in [9.17, 15) is 4.79 Å². The highest BCUT2D eigenvalue weighted by Gasteiger charge is 2.17. The molecule has 0 unspecified atom stereocenters. The van der Waals surface area contributed by atoms with E-state index in [1.54, 1.807) is 27.4 Å². The Balaban J connectivity index is 1.80. The molecule has 0 spiro atoms. The van der Waals surface area contributed by atoms with Crippen LogP contribution in [0.3, 0.4) is 0 Å². The second-order valence-electron chi connectivity index (χ2n) is 7.41. The van der Waals surface area contributed by atoms with Crippen LogP contribution in [-0.2, 0) is 0 Å². The average Bonchev–Trinajstić information content (AvgIpc) is 3.20. The predicted octanol–water partition coefficient (Wildman–Crippen LogP) is 5.70. The number of halogens is 1. The molecular formula is C26H19ClN4O. The fourth-order valence-corrected chi connectivity index (χ4v) is 3.82. The first-order chi connectivity index (χ1) is 15.6. The summed E-state index contributed by atoms with van der Waals surface area (Å²) in [7, 11) is 0. The number of aromatic nitrogens is 4. The van der Waals surface area contributed by atoms with E-state index < -0.39 is 0 Å². The minimum absolute atomic E-state index is 0.206. The topological polar surface area (TPSA) is 52.7 Å². The van der Waals surface area contributed by atoms with Crippen molar-refractivity contribution < 1.29 is 0 Å². The van der Waals surface area contributed by atoms with E-state index >= 15 is 0 Å². The van der Waals surface area contributed by atoms with Gasteiger partial charge in [-0.05, 0) is 48.9 Å². The Morgan fingerprint density at radius 2 is 1.59 bits per heavy atom. The van der Waals surface area contributed by atoms with Crippen LogP contribution in [0, 0.1) is 6.92 Å². The smallest absolute Gasteiger partial charge is 0.267 e. The summed E-state index contributed by atoms with van der Waals surface area (Å²) in [5.74, 6) is 1.12. The Morgan fingerprint density at radius 3 is 2.34 bits per heavy atom. The van der Waals surface area contributed by atoms with Crippen LogP contribution >= 0.6 is 11.6 Å². The lowest BCUT2D eigenvalue weighted by Gasteiger charge is -2.13. The zero-order valence-electron chi connectivity index (χ0n) is 17.3. The van der Waals surface area contributed by atoms with Gasteiger partial charge < -0.3 is 0 Å². The molecule has 0 aliphatic heterocycles. The van der Waals surface area contributed by atoms with Crippen molar-refractivity contribution >= 4 is 34.7 Å². The molecule has 2 heterocycles. The Kier molecular flexibility index (Phi) is 5.17. The van der Waals surface area contributed by atoms with Gasteiger partial charge in [0.05, 0.1) is 22.3 Å². The van der Waals surface area contributed by atoms with Crippen molar-refractivity contribution in [3.63, 3.8) is 0 Å². The molecule has 3 aromatic carbocycles. The molecule has 5 rings (SSSR count). The van der Waals surface area contributed by atoms with Gasteiger partial charge in [-0.25, -0.2) is 14.2 Å². The predicted molar refractivity (Wildman–Crippen MR) is 130 cm³/mol. The van der Waals surface area contributed by atoms with Crippen LogP contribution in [0.15, 0.2) is 89.7 Å². The highest BCUT2D eigenvalue weighted by molar-refractivity contribution is 6.31. The zero-order valence-corrected chi connectivity index (χ0v) is 18.1. The first-order valence-corrected chi connectivity index (χ1v) is 10.6. The van der Waals surface area contributed by atoms with Crippen molar-refractivity contribution in [1.82, 2.24) is 19.3 Å². The number of hydrogen-bond donors (Lipinski definition) is 0. The maximum absolute atomic E-state index is 13.7. The molecule has 0 radical (unpaired) electrons. The van der Waals surface area contributed by atoms with Gasteiger partial charge in [-0.2, -0.15) is 5.10 Å². The SMILES string of the molecule is Cc1cc(-n2c(/C=C/c3ccccc3)nc3ccc(Cl)cc3c2=O)n(-c2ccccc2)n1. The van der Waals surface area contributed by atoms with Gasteiger partial charge in [-0.15, -0.1) is 0 Å². The number of hydrogen-bond acceptors (Lipinski definition) is 3. The Bertz CT molecular complexity index is 1500. The van der Waals surface area contributed by atoms with Gasteiger partial charge in [0.15, 0.2) is 0 Å². The molecule has 0 aliphatic rings. The third-order valence-corrected chi connectivity index (χ3v) is 5.36. The Morgan fingerprint density at radius 1 is 0.875 bits per heavy atom. The molecule has 0 saturated heterocycles. The zero-order chi connectivity index (χ0) is 22.1. The summed E-state index contributed by atoms with van der Waals surface area (Å²) >= 11 is 6.19. The summed E-state index contributed by atoms with van der Waals surface area (Å²) in [4.78, 5) is 18.5. The van der Waals surface area contributed by atoms with Gasteiger partial charge in [0, 0.05) is 11.1 Å². The van der Waals surface area contributed by atoms with Crippen LogP contribution in [0.5, 0.6) is 0 Å². The maximum Gasteiger partial charge on any atom is 0.267 e. The van der Waals surface area contributed by atoms with Gasteiger partial charge in [-0.3, -0.25) is 4.79 Å². The molecule has 0 saturated carbocycles. The lowest BCUT2D eigenvalue weighted by molar-refractivity contribution is 0.788. The molecule has 2 aromatic heterocycles. The van der Waals surface area contributed by atoms with E-state index in [-0.39, 0.29) is 5.56 Å². The van der Waals surface area contributed by atoms with Gasteiger partial charge >= 0.3 is 0 Å². The number of aryl methyl sites for hydroxylation is 1. The molecule has 0 atom stereocenters. The summed E-state index contributed by atoms with van der Waals surface area (Å²) in [6.45, 7) is 1.90. The van der Waals surface area contributed by atoms with Crippen molar-refractivity contribution in [2.75, 3.05) is 0 Å². The van der Waals surface area contributed by atoms with E-state index in [1.807, 2.05) is 85.8 Å². The fraction of sp³-hybridized carbons (Fsp3) is 0.0385. The first kappa shape index (κ1) is 20.0. The molecule has 0 fully saturated rings. The van der Waals surface area contributed by atoms with Gasteiger partial charge in [0.1, 0.15) is 11.6 Å². The lowest BCUT2D eigenvalue weighted by Crippen LogP contribution is -2.24. The highest BCUT2D eigenvalue weighted by Crippen LogP contribution is 2.21. The summed E-state index contributed by atoms with van der Waals surface area (Å²) in [6.07, 6.45) is 3.79. The summed E-state index contributed by atoms with van der Waals surface area (Å²) in [5, 5.41) is 5.58. The van der Waals surface area contributed by atoms with Crippen LogP contribution in [0.25, 0.3) is 34.6 Å². The van der Waals surface area contributed by atoms with E-state index in [1.165, 1.54) is 0 Å². The summed E-state index contributed by atoms with van der Waals surface area (Å²) < 4.78 is 3.35. The number of fused-ring (bicyclic) bond motifs is 1. The van der Waals surface area contributed by atoms with Crippen molar-refractivity contribution in [2.24, 2.45) is 0 Å². The van der Waals surface area contributed by atoms with Crippen molar-refractivity contribution in [3.8, 4) is 11.5 Å². The molecule has 0 amide bonds. The van der Waals surface area contributed by atoms with Crippen LogP contribution in [0.4, 0.5) is 0 Å². The number of benzene rings is 3. The second-order valence-corrected chi connectivity index (χ2v) is 7.84. The molecule has 6 heteroatoms. The van der Waals surface area contributed by atoms with Crippen LogP contribution in [0.1, 0.15) is 17.1 Å². The third-order valence-electron chi connectivity index (χ3n) is 5.12. The van der Waals surface area contributed by atoms with Crippen molar-refractivity contribution in [3.05, 3.63) is 117 Å². The number of nitrogens with zero attached hydrogens (tertiary/aromatic N) is 4. The van der Waals surface area contributed by atoms with E-state index in [2.05, 4.69) is 5.10 Å². The molecule has 156 valence electrons. The van der Waals surface area contributed by atoms with E-state index in [4.69, 9.17) is 16.6 Å². The van der Waals surface area contributed by atoms with Crippen molar-refractivity contribution in [1.29, 1.82) is 0 Å². The standard InChI is InChI=1S/C26H19ClN4O/c1-18-16-25(31(29-18)21-10-6-3-7-11-21)30-24(15-12-19-8-4-2-5-9-19)28-23-14-13-20(27)17-22(23)26(30)32/h2-17H,1H3/b15-12+. The van der Waals surface area contributed by atoms with Crippen molar-refractivity contribution in [2.45, 2.75) is 6.92 Å². The second kappa shape index (κ2) is 8.29. The minimum atomic E-state index is -0.206.